The summed E-state index contributed by atoms with van der Waals surface area (Å²) in [5.41, 5.74) is 1.42. The third-order valence-electron chi connectivity index (χ3n) is 5.25. The van der Waals surface area contributed by atoms with E-state index < -0.39 is 0 Å². The molecule has 29 heavy (non-hydrogen) atoms. The van der Waals surface area contributed by atoms with Gasteiger partial charge >= 0.3 is 0 Å². The Morgan fingerprint density at radius 2 is 2.10 bits per heavy atom. The van der Waals surface area contributed by atoms with Crippen molar-refractivity contribution in [1.29, 1.82) is 0 Å². The SMILES string of the molecule is CCCCCC(C)(C)CNC(=NC)NCc1ccc(N2CCOC(C)C2)nc1.I. The molecule has 2 N–H and O–H groups in total. The van der Waals surface area contributed by atoms with Crippen molar-refractivity contribution < 1.29 is 4.74 Å². The van der Waals surface area contributed by atoms with E-state index in [2.05, 4.69) is 65.3 Å². The van der Waals surface area contributed by atoms with E-state index in [1.807, 2.05) is 13.2 Å². The molecule has 1 aromatic rings. The van der Waals surface area contributed by atoms with E-state index >= 15 is 0 Å². The van der Waals surface area contributed by atoms with Crippen LogP contribution in [0.5, 0.6) is 0 Å². The number of ether oxygens (including phenoxy) is 1. The largest absolute Gasteiger partial charge is 0.375 e. The molecule has 0 saturated carbocycles. The minimum absolute atomic E-state index is 0. The molecule has 1 saturated heterocycles. The lowest BCUT2D eigenvalue weighted by Gasteiger charge is -2.32. The molecule has 1 aliphatic rings. The summed E-state index contributed by atoms with van der Waals surface area (Å²) in [6.07, 6.45) is 7.31. The van der Waals surface area contributed by atoms with Gasteiger partial charge < -0.3 is 20.3 Å². The minimum Gasteiger partial charge on any atom is -0.375 e. The fourth-order valence-electron chi connectivity index (χ4n) is 3.41. The van der Waals surface area contributed by atoms with Crippen molar-refractivity contribution in [2.24, 2.45) is 10.4 Å². The fraction of sp³-hybridized carbons (Fsp3) is 0.727. The molecule has 166 valence electrons. The molecule has 7 heteroatoms. The molecule has 6 nitrogen and oxygen atoms in total. The van der Waals surface area contributed by atoms with Crippen LogP contribution in [0.2, 0.25) is 0 Å². The maximum Gasteiger partial charge on any atom is 0.191 e. The van der Waals surface area contributed by atoms with Crippen LogP contribution in [0.3, 0.4) is 0 Å². The van der Waals surface area contributed by atoms with Crippen molar-refractivity contribution in [3.63, 3.8) is 0 Å². The smallest absolute Gasteiger partial charge is 0.191 e. The second kappa shape index (κ2) is 13.3. The number of hydrogen-bond acceptors (Lipinski definition) is 4. The molecule has 0 aliphatic carbocycles. The number of unbranched alkanes of at least 4 members (excludes halogenated alkanes) is 2. The average Bonchev–Trinajstić information content (AvgIpc) is 2.68. The van der Waals surface area contributed by atoms with Gasteiger partial charge in [0.1, 0.15) is 5.82 Å². The Hall–Kier alpha value is -1.09. The number of aliphatic imine (C=N–C) groups is 1. The molecule has 0 bridgehead atoms. The number of nitrogens with zero attached hydrogens (tertiary/aromatic N) is 3. The average molecular weight is 518 g/mol. The first-order valence-electron chi connectivity index (χ1n) is 10.7. The quantitative estimate of drug-likeness (QED) is 0.223. The van der Waals surface area contributed by atoms with E-state index in [9.17, 15) is 0 Å². The highest BCUT2D eigenvalue weighted by Gasteiger charge is 2.18. The van der Waals surface area contributed by atoms with E-state index in [4.69, 9.17) is 4.74 Å². The van der Waals surface area contributed by atoms with Crippen LogP contribution in [0.15, 0.2) is 23.3 Å². The number of hydrogen-bond donors (Lipinski definition) is 2. The molecule has 0 spiro atoms. The lowest BCUT2D eigenvalue weighted by molar-refractivity contribution is 0.0529. The van der Waals surface area contributed by atoms with Gasteiger partial charge in [0, 0.05) is 39.4 Å². The molecule has 1 unspecified atom stereocenters. The van der Waals surface area contributed by atoms with Gasteiger partial charge in [-0.15, -0.1) is 24.0 Å². The number of rotatable bonds is 9. The summed E-state index contributed by atoms with van der Waals surface area (Å²) < 4.78 is 5.61. The number of morpholine rings is 1. The highest BCUT2D eigenvalue weighted by molar-refractivity contribution is 14.0. The summed E-state index contributed by atoms with van der Waals surface area (Å²) in [7, 11) is 1.82. The Labute approximate surface area is 194 Å². The zero-order valence-corrected chi connectivity index (χ0v) is 21.2. The molecular weight excluding hydrogens is 477 g/mol. The van der Waals surface area contributed by atoms with E-state index in [1.165, 1.54) is 25.7 Å². The Kier molecular flexibility index (Phi) is 11.9. The predicted molar refractivity (Wildman–Crippen MR) is 133 cm³/mol. The van der Waals surface area contributed by atoms with Crippen molar-refractivity contribution in [1.82, 2.24) is 15.6 Å². The standard InChI is InChI=1S/C22H39N5O.HI/c1-6-7-8-11-22(3,4)17-26-21(23-5)25-15-19-9-10-20(24-14-19)27-12-13-28-18(2)16-27;/h9-10,14,18H,6-8,11-13,15-17H2,1-5H3,(H2,23,25,26);1H. The second-order valence-corrected chi connectivity index (χ2v) is 8.55. The Balaban J connectivity index is 0.00000420. The zero-order valence-electron chi connectivity index (χ0n) is 18.8. The van der Waals surface area contributed by atoms with Crippen molar-refractivity contribution >= 4 is 35.8 Å². The van der Waals surface area contributed by atoms with Crippen LogP contribution >= 0.6 is 24.0 Å². The first kappa shape index (κ1) is 25.9. The topological polar surface area (TPSA) is 61.8 Å². The van der Waals surface area contributed by atoms with E-state index in [0.29, 0.717) is 6.54 Å². The molecule has 0 amide bonds. The van der Waals surface area contributed by atoms with Gasteiger partial charge in [-0.1, -0.05) is 46.1 Å². The zero-order chi connectivity index (χ0) is 20.4. The summed E-state index contributed by atoms with van der Waals surface area (Å²) in [6.45, 7) is 13.2. The molecule has 2 rings (SSSR count). The third-order valence-corrected chi connectivity index (χ3v) is 5.25. The lowest BCUT2D eigenvalue weighted by atomic mass is 9.87. The molecule has 2 heterocycles. The second-order valence-electron chi connectivity index (χ2n) is 8.55. The Bertz CT molecular complexity index is 606. The van der Waals surface area contributed by atoms with Crippen LogP contribution in [0.25, 0.3) is 0 Å². The highest BCUT2D eigenvalue weighted by Crippen LogP contribution is 2.22. The number of guanidine groups is 1. The maximum atomic E-state index is 5.61. The number of aromatic nitrogens is 1. The Morgan fingerprint density at radius 1 is 1.31 bits per heavy atom. The lowest BCUT2D eigenvalue weighted by Crippen LogP contribution is -2.42. The van der Waals surface area contributed by atoms with Crippen LogP contribution < -0.4 is 15.5 Å². The summed E-state index contributed by atoms with van der Waals surface area (Å²) in [5.74, 6) is 1.87. The summed E-state index contributed by atoms with van der Waals surface area (Å²) in [4.78, 5) is 11.3. The first-order valence-corrected chi connectivity index (χ1v) is 10.7. The Morgan fingerprint density at radius 3 is 2.72 bits per heavy atom. The van der Waals surface area contributed by atoms with Crippen LogP contribution in [-0.4, -0.2) is 50.3 Å². The molecule has 0 radical (unpaired) electrons. The van der Waals surface area contributed by atoms with Gasteiger partial charge in [-0.05, 0) is 30.4 Å². The van der Waals surface area contributed by atoms with Gasteiger partial charge in [0.2, 0.25) is 0 Å². The summed E-state index contributed by atoms with van der Waals surface area (Å²) in [6, 6.07) is 4.24. The molecule has 1 aliphatic heterocycles. The van der Waals surface area contributed by atoms with Crippen molar-refractivity contribution in [2.75, 3.05) is 38.2 Å². The summed E-state index contributed by atoms with van der Waals surface area (Å²) >= 11 is 0. The van der Waals surface area contributed by atoms with Gasteiger partial charge in [-0.25, -0.2) is 4.98 Å². The monoisotopic (exact) mass is 517 g/mol. The van der Waals surface area contributed by atoms with Crippen LogP contribution in [0, 0.1) is 5.41 Å². The van der Waals surface area contributed by atoms with Crippen molar-refractivity contribution in [3.05, 3.63) is 23.9 Å². The summed E-state index contributed by atoms with van der Waals surface area (Å²) in [5, 5.41) is 6.87. The van der Waals surface area contributed by atoms with Crippen LogP contribution in [-0.2, 0) is 11.3 Å². The molecule has 1 atom stereocenters. The van der Waals surface area contributed by atoms with Crippen molar-refractivity contribution in [2.45, 2.75) is 66.0 Å². The van der Waals surface area contributed by atoms with Crippen LogP contribution in [0.4, 0.5) is 5.82 Å². The highest BCUT2D eigenvalue weighted by atomic mass is 127. The maximum absolute atomic E-state index is 5.61. The van der Waals surface area contributed by atoms with E-state index in [1.54, 1.807) is 0 Å². The molecule has 1 fully saturated rings. The minimum atomic E-state index is 0. The van der Waals surface area contributed by atoms with Gasteiger partial charge in [0.25, 0.3) is 0 Å². The van der Waals surface area contributed by atoms with Crippen molar-refractivity contribution in [3.8, 4) is 0 Å². The van der Waals surface area contributed by atoms with Gasteiger partial charge in [-0.2, -0.15) is 0 Å². The van der Waals surface area contributed by atoms with Gasteiger partial charge in [0.15, 0.2) is 5.96 Å². The van der Waals surface area contributed by atoms with Gasteiger partial charge in [0.05, 0.1) is 12.7 Å². The number of pyridine rings is 1. The first-order chi connectivity index (χ1) is 13.4. The van der Waals surface area contributed by atoms with Crippen LogP contribution in [0.1, 0.15) is 58.9 Å². The van der Waals surface area contributed by atoms with E-state index in [0.717, 1.165) is 43.6 Å². The predicted octanol–water partition coefficient (Wildman–Crippen LogP) is 4.20. The van der Waals surface area contributed by atoms with Gasteiger partial charge in [-0.3, -0.25) is 4.99 Å². The normalized spacial score (nSPS) is 17.6. The molecule has 1 aromatic heterocycles. The third kappa shape index (κ3) is 9.51. The van der Waals surface area contributed by atoms with E-state index in [-0.39, 0.29) is 35.5 Å². The number of halogens is 1. The molecule has 0 aromatic carbocycles. The molecular formula is C22H40IN5O. The number of anilines is 1. The fourth-order valence-corrected chi connectivity index (χ4v) is 3.41. The number of nitrogens with one attached hydrogen (secondary N) is 2.